The fraction of sp³-hybridized carbons (Fsp3) is 0.217. The topological polar surface area (TPSA) is 82.1 Å². The summed E-state index contributed by atoms with van der Waals surface area (Å²) in [5.41, 5.74) is 2.46. The van der Waals surface area contributed by atoms with E-state index in [-0.39, 0.29) is 23.1 Å². The number of fused-ring (bicyclic) bond motifs is 1. The van der Waals surface area contributed by atoms with Crippen molar-refractivity contribution < 1.29 is 4.79 Å². The minimum atomic E-state index is -0.641. The van der Waals surface area contributed by atoms with Crippen LogP contribution < -0.4 is 16.1 Å². The van der Waals surface area contributed by atoms with Crippen molar-refractivity contribution in [2.75, 3.05) is 4.90 Å². The van der Waals surface area contributed by atoms with Crippen molar-refractivity contribution >= 4 is 22.8 Å². The first-order chi connectivity index (χ1) is 14.9. The van der Waals surface area contributed by atoms with Gasteiger partial charge < -0.3 is 9.47 Å². The highest BCUT2D eigenvalue weighted by Gasteiger charge is 2.50. The second kappa shape index (κ2) is 6.80. The number of aryl methyl sites for hydroxylation is 2. The molecule has 4 aromatic rings. The molecule has 0 spiro atoms. The number of carbonyl (C=O) groups is 1. The summed E-state index contributed by atoms with van der Waals surface area (Å²) in [7, 11) is 3.00. The Morgan fingerprint density at radius 1 is 0.839 bits per heavy atom. The molecule has 1 saturated heterocycles. The molecule has 2 atom stereocenters. The monoisotopic (exact) mass is 415 g/mol. The van der Waals surface area contributed by atoms with Crippen LogP contribution in [0.2, 0.25) is 0 Å². The number of imidazole rings is 1. The molecule has 2 unspecified atom stereocenters. The Balaban J connectivity index is 1.72. The van der Waals surface area contributed by atoms with Gasteiger partial charge in [-0.1, -0.05) is 48.0 Å². The molecule has 0 saturated carbocycles. The summed E-state index contributed by atoms with van der Waals surface area (Å²) in [6.45, 7) is 2.01. The number of hydrogen-bond acceptors (Lipinski definition) is 4. The van der Waals surface area contributed by atoms with Gasteiger partial charge >= 0.3 is 5.69 Å². The van der Waals surface area contributed by atoms with Crippen molar-refractivity contribution in [3.63, 3.8) is 0 Å². The van der Waals surface area contributed by atoms with Gasteiger partial charge in [-0.3, -0.25) is 18.7 Å². The van der Waals surface area contributed by atoms with Crippen molar-refractivity contribution in [2.45, 2.75) is 19.0 Å². The molecule has 0 radical (unpaired) electrons. The molecule has 1 aliphatic heterocycles. The number of carbonyl (C=O) groups excluding carboxylic acids is 1. The highest BCUT2D eigenvalue weighted by atomic mass is 16.2. The molecule has 31 heavy (non-hydrogen) atoms. The Morgan fingerprint density at radius 3 is 2.19 bits per heavy atom. The summed E-state index contributed by atoms with van der Waals surface area (Å²) < 4.78 is 3.98. The summed E-state index contributed by atoms with van der Waals surface area (Å²) in [4.78, 5) is 44.7. The second-order valence-corrected chi connectivity index (χ2v) is 7.87. The van der Waals surface area contributed by atoms with E-state index in [0.717, 1.165) is 21.4 Å². The number of hydrogen-bond donors (Lipinski definition) is 0. The Bertz CT molecular complexity index is 1430. The van der Waals surface area contributed by atoms with E-state index in [9.17, 15) is 14.4 Å². The van der Waals surface area contributed by atoms with Gasteiger partial charge in [0.25, 0.3) is 11.5 Å². The average molecular weight is 415 g/mol. The zero-order valence-electron chi connectivity index (χ0n) is 17.4. The van der Waals surface area contributed by atoms with E-state index in [1.807, 2.05) is 61.5 Å². The molecule has 5 rings (SSSR count). The molecule has 3 heterocycles. The third kappa shape index (κ3) is 2.68. The molecule has 2 aromatic heterocycles. The van der Waals surface area contributed by atoms with E-state index in [4.69, 9.17) is 0 Å². The fourth-order valence-corrected chi connectivity index (χ4v) is 4.29. The molecule has 8 heteroatoms. The normalized spacial score (nSPS) is 18.4. The van der Waals surface area contributed by atoms with Crippen LogP contribution in [-0.4, -0.2) is 24.6 Å². The lowest BCUT2D eigenvalue weighted by Gasteiger charge is -2.47. The number of nitrogens with zero attached hydrogens (tertiary/aromatic N) is 5. The van der Waals surface area contributed by atoms with Crippen LogP contribution >= 0.6 is 0 Å². The number of rotatable bonds is 3. The molecule has 156 valence electrons. The second-order valence-electron chi connectivity index (χ2n) is 7.87. The van der Waals surface area contributed by atoms with Crippen LogP contribution in [0.4, 0.5) is 5.69 Å². The first-order valence-electron chi connectivity index (χ1n) is 9.97. The maximum Gasteiger partial charge on any atom is 0.332 e. The first kappa shape index (κ1) is 19.0. The first-order valence-corrected chi connectivity index (χ1v) is 9.97. The standard InChI is InChI=1S/C23H21N5O3/c1-14-9-11-15(12-10-14)17-18(22(30)28(17)16-7-5-4-6-8-16)27-13-24-20-19(27)21(29)26(3)23(31)25(20)2/h4-13,17-18H,1-3H3. The van der Waals surface area contributed by atoms with Crippen LogP contribution in [0.15, 0.2) is 70.5 Å². The van der Waals surface area contributed by atoms with Crippen LogP contribution in [-0.2, 0) is 18.9 Å². The minimum Gasteiger partial charge on any atom is -0.309 e. The van der Waals surface area contributed by atoms with Gasteiger partial charge in [-0.15, -0.1) is 0 Å². The van der Waals surface area contributed by atoms with E-state index >= 15 is 0 Å². The lowest BCUT2D eigenvalue weighted by Crippen LogP contribution is -2.56. The number of anilines is 1. The van der Waals surface area contributed by atoms with Crippen LogP contribution in [0.3, 0.4) is 0 Å². The summed E-state index contributed by atoms with van der Waals surface area (Å²) in [5, 5.41) is 0. The molecule has 8 nitrogen and oxygen atoms in total. The Morgan fingerprint density at radius 2 is 1.52 bits per heavy atom. The molecule has 0 N–H and O–H groups in total. The highest BCUT2D eigenvalue weighted by molar-refractivity contribution is 6.05. The lowest BCUT2D eigenvalue weighted by atomic mass is 9.87. The van der Waals surface area contributed by atoms with Crippen molar-refractivity contribution in [1.82, 2.24) is 18.7 Å². The summed E-state index contributed by atoms with van der Waals surface area (Å²) in [6.07, 6.45) is 1.48. The molecule has 0 aliphatic carbocycles. The van der Waals surface area contributed by atoms with Gasteiger partial charge in [0.05, 0.1) is 12.4 Å². The molecule has 1 fully saturated rings. The third-order valence-corrected chi connectivity index (χ3v) is 5.99. The van der Waals surface area contributed by atoms with Gasteiger partial charge in [-0.25, -0.2) is 9.78 Å². The molecule has 1 amide bonds. The zero-order valence-corrected chi connectivity index (χ0v) is 17.4. The fourth-order valence-electron chi connectivity index (χ4n) is 4.29. The lowest BCUT2D eigenvalue weighted by molar-refractivity contribution is -0.129. The van der Waals surface area contributed by atoms with Gasteiger partial charge in [-0.05, 0) is 24.6 Å². The smallest absolute Gasteiger partial charge is 0.309 e. The van der Waals surface area contributed by atoms with Crippen LogP contribution in [0.1, 0.15) is 23.2 Å². The van der Waals surface area contributed by atoms with Crippen molar-refractivity contribution in [2.24, 2.45) is 14.1 Å². The minimum absolute atomic E-state index is 0.132. The maximum atomic E-state index is 13.4. The number of β-lactam (4-membered cyclic amide) rings is 1. The Hall–Kier alpha value is -3.94. The largest absolute Gasteiger partial charge is 0.332 e. The summed E-state index contributed by atoms with van der Waals surface area (Å²) in [6, 6.07) is 16.5. The SMILES string of the molecule is Cc1ccc(C2C(n3cnc4c3c(=O)n(C)c(=O)n4C)C(=O)N2c2ccccc2)cc1. The van der Waals surface area contributed by atoms with Gasteiger partial charge in [0.15, 0.2) is 11.2 Å². The van der Waals surface area contributed by atoms with E-state index in [1.165, 1.54) is 17.9 Å². The molecule has 0 bridgehead atoms. The Kier molecular flexibility index (Phi) is 4.18. The van der Waals surface area contributed by atoms with Crippen molar-refractivity contribution in [3.8, 4) is 0 Å². The number of para-hydroxylation sites is 1. The third-order valence-electron chi connectivity index (χ3n) is 5.99. The predicted molar refractivity (Wildman–Crippen MR) is 117 cm³/mol. The summed E-state index contributed by atoms with van der Waals surface area (Å²) in [5.74, 6) is -0.132. The zero-order chi connectivity index (χ0) is 21.9. The van der Waals surface area contributed by atoms with Crippen molar-refractivity contribution in [3.05, 3.63) is 92.9 Å². The highest BCUT2D eigenvalue weighted by Crippen LogP contribution is 2.46. The number of aromatic nitrogens is 4. The number of benzene rings is 2. The van der Waals surface area contributed by atoms with Crippen LogP contribution in [0, 0.1) is 6.92 Å². The maximum absolute atomic E-state index is 13.4. The molecular formula is C23H21N5O3. The summed E-state index contributed by atoms with van der Waals surface area (Å²) >= 11 is 0. The van der Waals surface area contributed by atoms with Crippen LogP contribution in [0.5, 0.6) is 0 Å². The van der Waals surface area contributed by atoms with Gasteiger partial charge in [0.2, 0.25) is 0 Å². The van der Waals surface area contributed by atoms with Crippen molar-refractivity contribution in [1.29, 1.82) is 0 Å². The molecule has 1 aliphatic rings. The number of amides is 1. The van der Waals surface area contributed by atoms with E-state index in [2.05, 4.69) is 4.98 Å². The van der Waals surface area contributed by atoms with E-state index < -0.39 is 17.3 Å². The van der Waals surface area contributed by atoms with E-state index in [0.29, 0.717) is 0 Å². The quantitative estimate of drug-likeness (QED) is 0.480. The predicted octanol–water partition coefficient (Wildman–Crippen LogP) is 2.07. The van der Waals surface area contributed by atoms with Crippen LogP contribution in [0.25, 0.3) is 11.2 Å². The average Bonchev–Trinajstić information content (AvgIpc) is 3.20. The van der Waals surface area contributed by atoms with Gasteiger partial charge in [-0.2, -0.15) is 0 Å². The molecular weight excluding hydrogens is 394 g/mol. The van der Waals surface area contributed by atoms with Gasteiger partial charge in [0, 0.05) is 19.8 Å². The Labute approximate surface area is 177 Å². The van der Waals surface area contributed by atoms with Gasteiger partial charge in [0.1, 0.15) is 6.04 Å². The molecule has 2 aromatic carbocycles. The van der Waals surface area contributed by atoms with E-state index in [1.54, 1.807) is 16.5 Å².